The molecule has 37 heavy (non-hydrogen) atoms. The monoisotopic (exact) mass is 511 g/mol. The lowest BCUT2D eigenvalue weighted by molar-refractivity contribution is -0.180. The van der Waals surface area contributed by atoms with Crippen LogP contribution in [-0.4, -0.2) is 57.7 Å². The first-order valence-corrected chi connectivity index (χ1v) is 12.4. The van der Waals surface area contributed by atoms with Crippen molar-refractivity contribution in [3.8, 4) is 11.1 Å². The molecule has 0 bridgehead atoms. The molecule has 5 nitrogen and oxygen atoms in total. The number of nitrogens with zero attached hydrogens (tertiary/aromatic N) is 3. The van der Waals surface area contributed by atoms with E-state index in [1.54, 1.807) is 36.7 Å². The van der Waals surface area contributed by atoms with Gasteiger partial charge in [-0.3, -0.25) is 19.6 Å². The summed E-state index contributed by atoms with van der Waals surface area (Å²) in [6.07, 6.45) is -0.732. The topological polar surface area (TPSA) is 56.7 Å². The van der Waals surface area contributed by atoms with Crippen LogP contribution in [-0.2, 0) is 23.3 Å². The third-order valence-corrected chi connectivity index (χ3v) is 7.24. The van der Waals surface area contributed by atoms with Gasteiger partial charge in [0.25, 0.3) is 0 Å². The van der Waals surface area contributed by atoms with Crippen molar-refractivity contribution in [2.45, 2.75) is 51.0 Å². The zero-order chi connectivity index (χ0) is 26.6. The number of rotatable bonds is 8. The van der Waals surface area contributed by atoms with E-state index in [2.05, 4.69) is 14.8 Å². The van der Waals surface area contributed by atoms with E-state index in [1.165, 1.54) is 13.8 Å². The van der Waals surface area contributed by atoms with Crippen molar-refractivity contribution in [3.05, 3.63) is 89.7 Å². The van der Waals surface area contributed by atoms with Crippen LogP contribution in [0.5, 0.6) is 0 Å². The van der Waals surface area contributed by atoms with E-state index >= 15 is 0 Å². The van der Waals surface area contributed by atoms with Crippen LogP contribution in [0.2, 0.25) is 0 Å². The average Bonchev–Trinajstić information content (AvgIpc) is 2.86. The van der Waals surface area contributed by atoms with Gasteiger partial charge in [0.1, 0.15) is 0 Å². The largest absolute Gasteiger partial charge is 0.481 e. The lowest BCUT2D eigenvalue weighted by Crippen LogP contribution is -2.52. The molecule has 2 heterocycles. The van der Waals surface area contributed by atoms with E-state index in [-0.39, 0.29) is 18.0 Å². The first-order chi connectivity index (χ1) is 17.5. The molecule has 0 amide bonds. The standard InChI is InChI=1S/C29H32F3N3O2/c1-28(2,29(30,31)32)25-9-7-24(8-10-25)23-5-3-21(4-6-23)18-34-15-16-35(26(20-34)17-27(36)37)19-22-11-13-33-14-12-22/h3-14,26H,15-20H2,1-2H3,(H,36,37)/t26-/m0/s1. The highest BCUT2D eigenvalue weighted by Crippen LogP contribution is 2.40. The maximum absolute atomic E-state index is 13.3. The van der Waals surface area contributed by atoms with Gasteiger partial charge in [-0.25, -0.2) is 0 Å². The van der Waals surface area contributed by atoms with Gasteiger partial charge in [-0.05, 0) is 53.8 Å². The van der Waals surface area contributed by atoms with Crippen molar-refractivity contribution in [1.29, 1.82) is 0 Å². The molecular formula is C29H32F3N3O2. The Labute approximate surface area is 215 Å². The molecule has 0 spiro atoms. The molecule has 0 aliphatic carbocycles. The van der Waals surface area contributed by atoms with Gasteiger partial charge >= 0.3 is 12.1 Å². The molecule has 2 aromatic carbocycles. The maximum atomic E-state index is 13.3. The lowest BCUT2D eigenvalue weighted by atomic mass is 9.83. The molecule has 0 unspecified atom stereocenters. The van der Waals surface area contributed by atoms with Crippen LogP contribution in [0.15, 0.2) is 73.1 Å². The molecule has 8 heteroatoms. The third kappa shape index (κ3) is 6.56. The van der Waals surface area contributed by atoms with E-state index in [4.69, 9.17) is 0 Å². The predicted octanol–water partition coefficient (Wildman–Crippen LogP) is 5.75. The average molecular weight is 512 g/mol. The summed E-state index contributed by atoms with van der Waals surface area (Å²) in [7, 11) is 0. The summed E-state index contributed by atoms with van der Waals surface area (Å²) in [6.45, 7) is 6.06. The zero-order valence-electron chi connectivity index (χ0n) is 21.1. The first kappa shape index (κ1) is 26.8. The Balaban J connectivity index is 1.39. The Kier molecular flexibility index (Phi) is 7.99. The van der Waals surface area contributed by atoms with E-state index < -0.39 is 17.6 Å². The molecule has 1 aliphatic heterocycles. The second-order valence-electron chi connectivity index (χ2n) is 10.2. The molecule has 1 aromatic heterocycles. The fraction of sp³-hybridized carbons (Fsp3) is 0.379. The second kappa shape index (κ2) is 11.0. The van der Waals surface area contributed by atoms with Crippen LogP contribution in [0.4, 0.5) is 13.2 Å². The number of aromatic nitrogens is 1. The quantitative estimate of drug-likeness (QED) is 0.417. The number of halogens is 3. The third-order valence-electron chi connectivity index (χ3n) is 7.24. The summed E-state index contributed by atoms with van der Waals surface area (Å²) in [5.74, 6) is -0.805. The first-order valence-electron chi connectivity index (χ1n) is 12.4. The number of pyridine rings is 1. The SMILES string of the molecule is CC(C)(c1ccc(-c2ccc(CN3CCN(Cc4ccncc4)[C@@H](CC(=O)O)C3)cc2)cc1)C(F)(F)F. The normalized spacial score (nSPS) is 17.6. The van der Waals surface area contributed by atoms with Crippen LogP contribution in [0, 0.1) is 0 Å². The zero-order valence-corrected chi connectivity index (χ0v) is 21.1. The van der Waals surface area contributed by atoms with Crippen molar-refractivity contribution in [3.63, 3.8) is 0 Å². The van der Waals surface area contributed by atoms with Crippen molar-refractivity contribution in [1.82, 2.24) is 14.8 Å². The Bertz CT molecular complexity index is 1180. The van der Waals surface area contributed by atoms with Gasteiger partial charge in [0.15, 0.2) is 0 Å². The number of aliphatic carboxylic acids is 1. The van der Waals surface area contributed by atoms with Crippen LogP contribution in [0.1, 0.15) is 37.0 Å². The number of alkyl halides is 3. The number of hydrogen-bond donors (Lipinski definition) is 1. The van der Waals surface area contributed by atoms with E-state index in [0.717, 1.165) is 35.3 Å². The molecule has 1 N–H and O–H groups in total. The predicted molar refractivity (Wildman–Crippen MR) is 137 cm³/mol. The molecular weight excluding hydrogens is 479 g/mol. The number of carboxylic acids is 1. The summed E-state index contributed by atoms with van der Waals surface area (Å²) < 4.78 is 40.0. The molecule has 0 saturated carbocycles. The maximum Gasteiger partial charge on any atom is 0.397 e. The number of hydrogen-bond acceptors (Lipinski definition) is 4. The number of carboxylic acid groups (broad SMARTS) is 1. The van der Waals surface area contributed by atoms with Gasteiger partial charge in [0, 0.05) is 51.2 Å². The Morgan fingerprint density at radius 3 is 2.03 bits per heavy atom. The van der Waals surface area contributed by atoms with Crippen LogP contribution in [0.25, 0.3) is 11.1 Å². The Morgan fingerprint density at radius 2 is 1.46 bits per heavy atom. The molecule has 1 fully saturated rings. The minimum Gasteiger partial charge on any atom is -0.481 e. The lowest BCUT2D eigenvalue weighted by Gasteiger charge is -2.41. The van der Waals surface area contributed by atoms with Gasteiger partial charge in [-0.2, -0.15) is 13.2 Å². The summed E-state index contributed by atoms with van der Waals surface area (Å²) in [6, 6.07) is 18.4. The van der Waals surface area contributed by atoms with E-state index in [0.29, 0.717) is 19.6 Å². The minimum absolute atomic E-state index is 0.0850. The fourth-order valence-corrected chi connectivity index (χ4v) is 4.73. The highest BCUT2D eigenvalue weighted by Gasteiger charge is 2.48. The Hall–Kier alpha value is -3.23. The van der Waals surface area contributed by atoms with Gasteiger partial charge in [0.2, 0.25) is 0 Å². The number of carbonyl (C=O) groups is 1. The summed E-state index contributed by atoms with van der Waals surface area (Å²) in [5, 5.41) is 9.45. The van der Waals surface area contributed by atoms with Crippen LogP contribution >= 0.6 is 0 Å². The molecule has 0 radical (unpaired) electrons. The van der Waals surface area contributed by atoms with Gasteiger partial charge in [0.05, 0.1) is 11.8 Å². The minimum atomic E-state index is -4.32. The molecule has 1 atom stereocenters. The summed E-state index contributed by atoms with van der Waals surface area (Å²) in [5.41, 5.74) is 2.35. The van der Waals surface area contributed by atoms with Gasteiger partial charge in [-0.15, -0.1) is 0 Å². The smallest absolute Gasteiger partial charge is 0.397 e. The molecule has 1 aliphatic rings. The molecule has 3 aromatic rings. The van der Waals surface area contributed by atoms with Crippen molar-refractivity contribution in [2.75, 3.05) is 19.6 Å². The van der Waals surface area contributed by atoms with Crippen LogP contribution < -0.4 is 0 Å². The van der Waals surface area contributed by atoms with Crippen LogP contribution in [0.3, 0.4) is 0 Å². The highest BCUT2D eigenvalue weighted by atomic mass is 19.4. The summed E-state index contributed by atoms with van der Waals surface area (Å²) in [4.78, 5) is 20.1. The highest BCUT2D eigenvalue weighted by molar-refractivity contribution is 5.67. The van der Waals surface area contributed by atoms with E-state index in [9.17, 15) is 23.1 Å². The Morgan fingerprint density at radius 1 is 0.892 bits per heavy atom. The number of benzene rings is 2. The van der Waals surface area contributed by atoms with Crippen molar-refractivity contribution < 1.29 is 23.1 Å². The van der Waals surface area contributed by atoms with Crippen molar-refractivity contribution in [2.24, 2.45) is 0 Å². The number of piperazine rings is 1. The molecule has 4 rings (SSSR count). The van der Waals surface area contributed by atoms with Gasteiger partial charge < -0.3 is 5.11 Å². The van der Waals surface area contributed by atoms with Gasteiger partial charge in [-0.1, -0.05) is 48.5 Å². The second-order valence-corrected chi connectivity index (χ2v) is 10.2. The molecule has 1 saturated heterocycles. The van der Waals surface area contributed by atoms with Crippen molar-refractivity contribution >= 4 is 5.97 Å². The fourth-order valence-electron chi connectivity index (χ4n) is 4.73. The summed E-state index contributed by atoms with van der Waals surface area (Å²) >= 11 is 0. The van der Waals surface area contributed by atoms with E-state index in [1.807, 2.05) is 36.4 Å². The molecule has 196 valence electrons.